The van der Waals surface area contributed by atoms with E-state index >= 15 is 0 Å². The van der Waals surface area contributed by atoms with Crippen LogP contribution in [0.3, 0.4) is 0 Å². The maximum Gasteiger partial charge on any atom is 0.106 e. The molecule has 1 atom stereocenters. The molecule has 0 fully saturated rings. The van der Waals surface area contributed by atoms with Crippen LogP contribution in [0, 0.1) is 0 Å². The van der Waals surface area contributed by atoms with E-state index in [1.54, 1.807) is 11.3 Å². The standard InChI is InChI=1S/C16H16N2S/c1-12(18-11-16-17-8-9-19-16)14-7-6-13-4-2-3-5-15(13)10-14/h2-10,12,18H,11H2,1H3. The monoisotopic (exact) mass is 268 g/mol. The first-order valence-electron chi connectivity index (χ1n) is 6.43. The Morgan fingerprint density at radius 2 is 2.00 bits per heavy atom. The first-order valence-corrected chi connectivity index (χ1v) is 7.31. The van der Waals surface area contributed by atoms with E-state index in [0.29, 0.717) is 6.04 Å². The largest absolute Gasteiger partial charge is 0.304 e. The molecule has 3 heteroatoms. The van der Waals surface area contributed by atoms with Crippen molar-refractivity contribution in [3.8, 4) is 0 Å². The number of thiazole rings is 1. The van der Waals surface area contributed by atoms with Gasteiger partial charge < -0.3 is 5.32 Å². The van der Waals surface area contributed by atoms with Crippen molar-refractivity contribution in [1.29, 1.82) is 0 Å². The molecule has 0 aliphatic carbocycles. The number of hydrogen-bond donors (Lipinski definition) is 1. The van der Waals surface area contributed by atoms with Gasteiger partial charge >= 0.3 is 0 Å². The highest BCUT2D eigenvalue weighted by Gasteiger charge is 2.06. The van der Waals surface area contributed by atoms with E-state index in [0.717, 1.165) is 11.6 Å². The van der Waals surface area contributed by atoms with Gasteiger partial charge in [0.25, 0.3) is 0 Å². The molecule has 1 heterocycles. The van der Waals surface area contributed by atoms with Gasteiger partial charge in [-0.1, -0.05) is 36.4 Å². The van der Waals surface area contributed by atoms with Crippen molar-refractivity contribution in [2.24, 2.45) is 0 Å². The fourth-order valence-corrected chi connectivity index (χ4v) is 2.74. The van der Waals surface area contributed by atoms with Crippen LogP contribution in [0.5, 0.6) is 0 Å². The van der Waals surface area contributed by atoms with Crippen LogP contribution in [-0.4, -0.2) is 4.98 Å². The highest BCUT2D eigenvalue weighted by Crippen LogP contribution is 2.20. The van der Waals surface area contributed by atoms with E-state index < -0.39 is 0 Å². The highest BCUT2D eigenvalue weighted by molar-refractivity contribution is 7.09. The van der Waals surface area contributed by atoms with Crippen molar-refractivity contribution >= 4 is 22.1 Å². The van der Waals surface area contributed by atoms with E-state index in [1.165, 1.54) is 16.3 Å². The van der Waals surface area contributed by atoms with Gasteiger partial charge in [-0.25, -0.2) is 4.98 Å². The van der Waals surface area contributed by atoms with Crippen LogP contribution in [-0.2, 0) is 6.54 Å². The molecule has 0 saturated heterocycles. The fraction of sp³-hybridized carbons (Fsp3) is 0.188. The molecular weight excluding hydrogens is 252 g/mol. The minimum absolute atomic E-state index is 0.327. The Morgan fingerprint density at radius 3 is 2.79 bits per heavy atom. The van der Waals surface area contributed by atoms with E-state index in [1.807, 2.05) is 11.6 Å². The van der Waals surface area contributed by atoms with Gasteiger partial charge in [-0.05, 0) is 29.3 Å². The second kappa shape index (κ2) is 5.51. The fourth-order valence-electron chi connectivity index (χ4n) is 2.18. The number of hydrogen-bond acceptors (Lipinski definition) is 3. The molecule has 0 amide bonds. The molecule has 0 aliphatic heterocycles. The number of fused-ring (bicyclic) bond motifs is 1. The Bertz CT molecular complexity index is 661. The number of aromatic nitrogens is 1. The van der Waals surface area contributed by atoms with Crippen LogP contribution in [0.1, 0.15) is 23.5 Å². The average molecular weight is 268 g/mol. The summed E-state index contributed by atoms with van der Waals surface area (Å²) in [7, 11) is 0. The predicted octanol–water partition coefficient (Wildman–Crippen LogP) is 4.15. The summed E-state index contributed by atoms with van der Waals surface area (Å²) in [6.07, 6.45) is 1.85. The predicted molar refractivity (Wildman–Crippen MR) is 81.3 cm³/mol. The van der Waals surface area contributed by atoms with Crippen LogP contribution >= 0.6 is 11.3 Å². The second-order valence-corrected chi connectivity index (χ2v) is 5.61. The van der Waals surface area contributed by atoms with E-state index in [2.05, 4.69) is 59.7 Å². The third kappa shape index (κ3) is 2.83. The normalized spacial score (nSPS) is 12.7. The lowest BCUT2D eigenvalue weighted by Gasteiger charge is -2.14. The third-order valence-corrected chi connectivity index (χ3v) is 4.10. The number of benzene rings is 2. The zero-order chi connectivity index (χ0) is 13.1. The van der Waals surface area contributed by atoms with Crippen LogP contribution in [0.2, 0.25) is 0 Å². The minimum Gasteiger partial charge on any atom is -0.304 e. The molecule has 3 aromatic rings. The molecule has 2 aromatic carbocycles. The lowest BCUT2D eigenvalue weighted by atomic mass is 10.0. The molecule has 1 unspecified atom stereocenters. The van der Waals surface area contributed by atoms with Gasteiger partial charge in [0.15, 0.2) is 0 Å². The summed E-state index contributed by atoms with van der Waals surface area (Å²) in [5.74, 6) is 0. The van der Waals surface area contributed by atoms with Gasteiger partial charge in [-0.15, -0.1) is 11.3 Å². The first-order chi connectivity index (χ1) is 9.33. The van der Waals surface area contributed by atoms with E-state index in [9.17, 15) is 0 Å². The maximum absolute atomic E-state index is 4.29. The van der Waals surface area contributed by atoms with E-state index in [4.69, 9.17) is 0 Å². The molecule has 0 radical (unpaired) electrons. The Hall–Kier alpha value is -1.71. The molecule has 0 bridgehead atoms. The molecule has 1 N–H and O–H groups in total. The quantitative estimate of drug-likeness (QED) is 0.769. The Labute approximate surface area is 117 Å². The topological polar surface area (TPSA) is 24.9 Å². The van der Waals surface area contributed by atoms with Crippen molar-refractivity contribution < 1.29 is 0 Å². The molecule has 2 nitrogen and oxygen atoms in total. The molecule has 3 rings (SSSR count). The number of rotatable bonds is 4. The summed E-state index contributed by atoms with van der Waals surface area (Å²) in [5.41, 5.74) is 1.32. The summed E-state index contributed by atoms with van der Waals surface area (Å²) in [6.45, 7) is 3.02. The average Bonchev–Trinajstić information content (AvgIpc) is 2.97. The molecule has 96 valence electrons. The van der Waals surface area contributed by atoms with Crippen molar-refractivity contribution in [2.45, 2.75) is 19.5 Å². The molecule has 0 aliphatic rings. The van der Waals surface area contributed by atoms with Crippen molar-refractivity contribution in [1.82, 2.24) is 10.3 Å². The van der Waals surface area contributed by atoms with Crippen LogP contribution < -0.4 is 5.32 Å². The summed E-state index contributed by atoms with van der Waals surface area (Å²) in [6, 6.07) is 15.4. The van der Waals surface area contributed by atoms with Gasteiger partial charge in [0.05, 0.1) is 0 Å². The second-order valence-electron chi connectivity index (χ2n) is 4.64. The molecule has 0 saturated carbocycles. The van der Waals surface area contributed by atoms with Gasteiger partial charge in [0, 0.05) is 24.2 Å². The Kier molecular flexibility index (Phi) is 3.58. The number of nitrogens with one attached hydrogen (secondary N) is 1. The zero-order valence-corrected chi connectivity index (χ0v) is 11.7. The van der Waals surface area contributed by atoms with Crippen molar-refractivity contribution in [3.63, 3.8) is 0 Å². The molecule has 0 spiro atoms. The maximum atomic E-state index is 4.29. The van der Waals surface area contributed by atoms with Gasteiger partial charge in [-0.2, -0.15) is 0 Å². The van der Waals surface area contributed by atoms with Crippen molar-refractivity contribution in [3.05, 3.63) is 64.6 Å². The SMILES string of the molecule is CC(NCc1nccs1)c1ccc2ccccc2c1. The zero-order valence-electron chi connectivity index (χ0n) is 10.8. The van der Waals surface area contributed by atoms with Crippen LogP contribution in [0.15, 0.2) is 54.0 Å². The lowest BCUT2D eigenvalue weighted by Crippen LogP contribution is -2.17. The van der Waals surface area contributed by atoms with Crippen LogP contribution in [0.25, 0.3) is 10.8 Å². The highest BCUT2D eigenvalue weighted by atomic mass is 32.1. The molecule has 19 heavy (non-hydrogen) atoms. The lowest BCUT2D eigenvalue weighted by molar-refractivity contribution is 0.574. The number of nitrogens with zero attached hydrogens (tertiary/aromatic N) is 1. The van der Waals surface area contributed by atoms with Gasteiger partial charge in [0.2, 0.25) is 0 Å². The third-order valence-electron chi connectivity index (χ3n) is 3.32. The smallest absolute Gasteiger partial charge is 0.106 e. The minimum atomic E-state index is 0.327. The van der Waals surface area contributed by atoms with Crippen molar-refractivity contribution in [2.75, 3.05) is 0 Å². The summed E-state index contributed by atoms with van der Waals surface area (Å²) >= 11 is 1.69. The Morgan fingerprint density at radius 1 is 1.16 bits per heavy atom. The van der Waals surface area contributed by atoms with E-state index in [-0.39, 0.29) is 0 Å². The summed E-state index contributed by atoms with van der Waals surface area (Å²) in [4.78, 5) is 4.29. The van der Waals surface area contributed by atoms with Gasteiger partial charge in [0.1, 0.15) is 5.01 Å². The van der Waals surface area contributed by atoms with Crippen LogP contribution in [0.4, 0.5) is 0 Å². The molecular formula is C16H16N2S. The first kappa shape index (κ1) is 12.3. The Balaban J connectivity index is 1.75. The summed E-state index contributed by atoms with van der Waals surface area (Å²) < 4.78 is 0. The summed E-state index contributed by atoms with van der Waals surface area (Å²) in [5, 5.41) is 9.24. The molecule has 1 aromatic heterocycles. The van der Waals surface area contributed by atoms with Gasteiger partial charge in [-0.3, -0.25) is 0 Å².